The van der Waals surface area contributed by atoms with E-state index in [1.54, 1.807) is 6.07 Å². The highest BCUT2D eigenvalue weighted by Gasteiger charge is 2.44. The van der Waals surface area contributed by atoms with E-state index in [0.29, 0.717) is 16.0 Å². The van der Waals surface area contributed by atoms with Gasteiger partial charge < -0.3 is 5.73 Å². The normalized spacial score (nSPS) is 29.2. The third kappa shape index (κ3) is 2.09. The van der Waals surface area contributed by atoms with Crippen LogP contribution in [0.1, 0.15) is 32.3 Å². The topological polar surface area (TPSA) is 26.0 Å². The van der Waals surface area contributed by atoms with E-state index in [1.165, 1.54) is 0 Å². The highest BCUT2D eigenvalue weighted by molar-refractivity contribution is 6.35. The van der Waals surface area contributed by atoms with Crippen LogP contribution in [0.15, 0.2) is 18.2 Å². The summed E-state index contributed by atoms with van der Waals surface area (Å²) < 4.78 is 0. The zero-order valence-corrected chi connectivity index (χ0v) is 11.1. The molecule has 1 aliphatic rings. The lowest BCUT2D eigenvalue weighted by molar-refractivity contribution is 0.105. The number of halogens is 2. The number of nitrogens with two attached hydrogens (primary N) is 1. The summed E-state index contributed by atoms with van der Waals surface area (Å²) in [5, 5.41) is 1.36. The minimum atomic E-state index is -0.239. The van der Waals surface area contributed by atoms with Gasteiger partial charge in [-0.1, -0.05) is 43.1 Å². The van der Waals surface area contributed by atoms with Crippen molar-refractivity contribution in [2.24, 2.45) is 17.6 Å². The number of hydrogen-bond donors (Lipinski definition) is 1. The van der Waals surface area contributed by atoms with Gasteiger partial charge in [0, 0.05) is 15.6 Å². The Morgan fingerprint density at radius 1 is 1.31 bits per heavy atom. The Labute approximate surface area is 107 Å². The molecule has 0 heterocycles. The lowest BCUT2D eigenvalue weighted by Gasteiger charge is -2.47. The molecule has 0 aliphatic heterocycles. The summed E-state index contributed by atoms with van der Waals surface area (Å²) in [6.45, 7) is 4.49. The van der Waals surface area contributed by atoms with Crippen LogP contribution < -0.4 is 5.73 Å². The van der Waals surface area contributed by atoms with Crippen molar-refractivity contribution in [3.05, 3.63) is 33.8 Å². The number of benzene rings is 1. The van der Waals surface area contributed by atoms with E-state index in [0.717, 1.165) is 24.3 Å². The Kier molecular flexibility index (Phi) is 3.22. The minimum Gasteiger partial charge on any atom is -0.321 e. The maximum absolute atomic E-state index is 6.38. The van der Waals surface area contributed by atoms with Crippen LogP contribution in [0.3, 0.4) is 0 Å². The quantitative estimate of drug-likeness (QED) is 0.844. The Bertz CT molecular complexity index is 395. The lowest BCUT2D eigenvalue weighted by Crippen LogP contribution is -2.50. The summed E-state index contributed by atoms with van der Waals surface area (Å²) in [5.74, 6) is 1.42. The first-order valence-electron chi connectivity index (χ1n) is 5.67. The van der Waals surface area contributed by atoms with Crippen LogP contribution >= 0.6 is 23.2 Å². The minimum absolute atomic E-state index is 0.239. The molecule has 0 saturated heterocycles. The van der Waals surface area contributed by atoms with Crippen molar-refractivity contribution in [3.63, 3.8) is 0 Å². The molecule has 16 heavy (non-hydrogen) atoms. The van der Waals surface area contributed by atoms with Gasteiger partial charge in [-0.2, -0.15) is 0 Å². The average Bonchev–Trinajstić information content (AvgIpc) is 2.12. The third-order valence-corrected chi connectivity index (χ3v) is 4.21. The predicted molar refractivity (Wildman–Crippen MR) is 69.9 cm³/mol. The van der Waals surface area contributed by atoms with E-state index in [1.807, 2.05) is 12.1 Å². The molecule has 1 aromatic rings. The SMILES string of the molecule is CC(C)C1CC(N)(c2ccc(Cl)cc2Cl)C1. The van der Waals surface area contributed by atoms with E-state index in [9.17, 15) is 0 Å². The first-order valence-corrected chi connectivity index (χ1v) is 6.42. The van der Waals surface area contributed by atoms with E-state index < -0.39 is 0 Å². The number of rotatable bonds is 2. The van der Waals surface area contributed by atoms with Gasteiger partial charge in [0.25, 0.3) is 0 Å². The van der Waals surface area contributed by atoms with Gasteiger partial charge in [-0.05, 0) is 42.4 Å². The van der Waals surface area contributed by atoms with Crippen molar-refractivity contribution >= 4 is 23.2 Å². The van der Waals surface area contributed by atoms with Crippen molar-refractivity contribution in [2.75, 3.05) is 0 Å². The second kappa shape index (κ2) is 4.21. The van der Waals surface area contributed by atoms with E-state index in [4.69, 9.17) is 28.9 Å². The van der Waals surface area contributed by atoms with Crippen molar-refractivity contribution in [1.29, 1.82) is 0 Å². The standard InChI is InChI=1S/C13H17Cl2N/c1-8(2)9-6-13(16,7-9)11-4-3-10(14)5-12(11)15/h3-5,8-9H,6-7,16H2,1-2H3. The molecule has 3 heteroatoms. The van der Waals surface area contributed by atoms with Gasteiger partial charge in [0.1, 0.15) is 0 Å². The molecule has 2 N–H and O–H groups in total. The van der Waals surface area contributed by atoms with Crippen molar-refractivity contribution in [2.45, 2.75) is 32.2 Å². The van der Waals surface area contributed by atoms with Gasteiger partial charge >= 0.3 is 0 Å². The third-order valence-electron chi connectivity index (χ3n) is 3.66. The Balaban J connectivity index is 2.20. The summed E-state index contributed by atoms with van der Waals surface area (Å²) in [6, 6.07) is 5.59. The second-order valence-corrected chi connectivity index (χ2v) is 6.04. The molecular weight excluding hydrogens is 241 g/mol. The van der Waals surface area contributed by atoms with Gasteiger partial charge in [0.15, 0.2) is 0 Å². The first-order chi connectivity index (χ1) is 7.42. The van der Waals surface area contributed by atoms with Crippen LogP contribution in [-0.4, -0.2) is 0 Å². The van der Waals surface area contributed by atoms with Gasteiger partial charge in [-0.3, -0.25) is 0 Å². The second-order valence-electron chi connectivity index (χ2n) is 5.19. The van der Waals surface area contributed by atoms with E-state index in [-0.39, 0.29) is 5.54 Å². The van der Waals surface area contributed by atoms with Crippen molar-refractivity contribution in [3.8, 4) is 0 Å². The van der Waals surface area contributed by atoms with Crippen LogP contribution in [0.25, 0.3) is 0 Å². The molecule has 0 unspecified atom stereocenters. The molecule has 1 nitrogen and oxygen atoms in total. The molecule has 0 radical (unpaired) electrons. The maximum Gasteiger partial charge on any atom is 0.0471 e. The van der Waals surface area contributed by atoms with Gasteiger partial charge in [-0.15, -0.1) is 0 Å². The molecule has 0 atom stereocenters. The highest BCUT2D eigenvalue weighted by atomic mass is 35.5. The summed E-state index contributed by atoms with van der Waals surface area (Å²) in [7, 11) is 0. The first kappa shape index (κ1) is 12.2. The Morgan fingerprint density at radius 3 is 2.44 bits per heavy atom. The highest BCUT2D eigenvalue weighted by Crippen LogP contribution is 2.48. The zero-order valence-electron chi connectivity index (χ0n) is 9.63. The monoisotopic (exact) mass is 257 g/mol. The molecule has 1 fully saturated rings. The molecule has 1 aliphatic carbocycles. The molecule has 0 amide bonds. The molecule has 2 rings (SSSR count). The van der Waals surface area contributed by atoms with Crippen LogP contribution in [0, 0.1) is 11.8 Å². The molecule has 0 bridgehead atoms. The van der Waals surface area contributed by atoms with Crippen LogP contribution in [-0.2, 0) is 5.54 Å². The predicted octanol–water partition coefficient (Wildman–Crippen LogP) is 4.21. The zero-order chi connectivity index (χ0) is 11.9. The molecule has 1 aromatic carbocycles. The summed E-state index contributed by atoms with van der Waals surface area (Å²) in [4.78, 5) is 0. The van der Waals surface area contributed by atoms with Gasteiger partial charge in [0.05, 0.1) is 0 Å². The fraction of sp³-hybridized carbons (Fsp3) is 0.538. The van der Waals surface area contributed by atoms with Crippen LogP contribution in [0.5, 0.6) is 0 Å². The average molecular weight is 258 g/mol. The fourth-order valence-corrected chi connectivity index (χ4v) is 3.06. The Morgan fingerprint density at radius 2 is 1.94 bits per heavy atom. The Hall–Kier alpha value is -0.240. The lowest BCUT2D eigenvalue weighted by atomic mass is 9.62. The summed E-state index contributed by atoms with van der Waals surface area (Å²) in [5.41, 5.74) is 7.17. The van der Waals surface area contributed by atoms with Crippen LogP contribution in [0.4, 0.5) is 0 Å². The smallest absolute Gasteiger partial charge is 0.0471 e. The molecule has 0 spiro atoms. The van der Waals surface area contributed by atoms with Crippen molar-refractivity contribution in [1.82, 2.24) is 0 Å². The molecule has 0 aromatic heterocycles. The van der Waals surface area contributed by atoms with Crippen LogP contribution in [0.2, 0.25) is 10.0 Å². The fourth-order valence-electron chi connectivity index (χ4n) is 2.46. The summed E-state index contributed by atoms with van der Waals surface area (Å²) in [6.07, 6.45) is 2.04. The van der Waals surface area contributed by atoms with Gasteiger partial charge in [-0.25, -0.2) is 0 Å². The van der Waals surface area contributed by atoms with E-state index in [2.05, 4.69) is 13.8 Å². The van der Waals surface area contributed by atoms with Crippen molar-refractivity contribution < 1.29 is 0 Å². The maximum atomic E-state index is 6.38. The molecule has 1 saturated carbocycles. The summed E-state index contributed by atoms with van der Waals surface area (Å²) >= 11 is 12.1. The molecule has 88 valence electrons. The molecular formula is C13H17Cl2N. The van der Waals surface area contributed by atoms with E-state index >= 15 is 0 Å². The number of hydrogen-bond acceptors (Lipinski definition) is 1. The van der Waals surface area contributed by atoms with Gasteiger partial charge in [0.2, 0.25) is 0 Å². The largest absolute Gasteiger partial charge is 0.321 e.